The summed E-state index contributed by atoms with van der Waals surface area (Å²) >= 11 is 0. The third kappa shape index (κ3) is 12.0. The van der Waals surface area contributed by atoms with Crippen molar-refractivity contribution in [1.82, 2.24) is 9.13 Å². The molecule has 3 aliphatic carbocycles. The van der Waals surface area contributed by atoms with Crippen molar-refractivity contribution in [3.05, 3.63) is 618 Å². The van der Waals surface area contributed by atoms with Gasteiger partial charge >= 0.3 is 0 Å². The number of benzene rings is 23. The van der Waals surface area contributed by atoms with Crippen molar-refractivity contribution in [3.8, 4) is 100 Å². The highest BCUT2D eigenvalue weighted by Gasteiger charge is 2.52. The molecule has 0 saturated carbocycles. The molecule has 25 aromatic rings. The number of nitrogens with zero attached hydrogens (tertiary/aromatic N) is 4. The molecule has 5 aliphatic rings. The average Bonchev–Trinajstić information content (AvgIpc) is 0.998. The molecule has 0 atom stereocenters. The third-order valence-electron chi connectivity index (χ3n) is 31.6. The zero-order chi connectivity index (χ0) is 108. The maximum absolute atomic E-state index is 10.8. The number of hydrogen-bond donors (Lipinski definition) is 0. The molecule has 4 nitrogen and oxygen atoms in total. The zero-order valence-electron chi connectivity index (χ0n) is 92.8. The van der Waals surface area contributed by atoms with Crippen LogP contribution in [0.15, 0.2) is 552 Å². The number of aromatic nitrogens is 2. The molecule has 678 valence electrons. The van der Waals surface area contributed by atoms with Crippen LogP contribution >= 0.6 is 0 Å². The van der Waals surface area contributed by atoms with E-state index in [9.17, 15) is 19.2 Å². The van der Waals surface area contributed by atoms with Gasteiger partial charge < -0.3 is 18.9 Å². The van der Waals surface area contributed by atoms with Crippen LogP contribution in [0.3, 0.4) is 0 Å². The Hall–Kier alpha value is -18.7. The van der Waals surface area contributed by atoms with Crippen molar-refractivity contribution in [2.75, 3.05) is 9.80 Å². The molecule has 5 heteroatoms. The van der Waals surface area contributed by atoms with E-state index in [1.54, 1.807) is 33.4 Å². The Labute approximate surface area is 868 Å². The maximum Gasteiger partial charge on any atom is 0.252 e. The summed E-state index contributed by atoms with van der Waals surface area (Å²) in [7, 11) is 0. The van der Waals surface area contributed by atoms with Gasteiger partial charge in [-0.2, -0.15) is 0 Å². The third-order valence-corrected chi connectivity index (χ3v) is 31.6. The molecule has 23 aromatic carbocycles. The lowest BCUT2D eigenvalue weighted by molar-refractivity contribution is 0.768. The second-order valence-electron chi connectivity index (χ2n) is 38.7. The van der Waals surface area contributed by atoms with Crippen LogP contribution in [0.1, 0.15) is 86.0 Å². The number of hydrogen-bond acceptors (Lipinski definition) is 2. The Balaban J connectivity index is 0.765. The van der Waals surface area contributed by atoms with E-state index in [1.165, 1.54) is 0 Å². The van der Waals surface area contributed by atoms with Gasteiger partial charge in [-0.15, -0.1) is 0 Å². The Morgan fingerprint density at radius 2 is 0.500 bits per heavy atom. The highest BCUT2D eigenvalue weighted by atomic mass is 15.2. The molecular formula is C141H91BN4. The van der Waals surface area contributed by atoms with Crippen molar-refractivity contribution in [2.24, 2.45) is 0 Å². The molecule has 146 heavy (non-hydrogen) atoms. The molecule has 0 N–H and O–H groups in total. The lowest BCUT2D eigenvalue weighted by atomic mass is 9.33. The second-order valence-corrected chi connectivity index (χ2v) is 38.7. The molecule has 0 saturated heterocycles. The van der Waals surface area contributed by atoms with E-state index >= 15 is 0 Å². The van der Waals surface area contributed by atoms with Crippen LogP contribution in [-0.2, 0) is 16.2 Å². The molecule has 0 radical (unpaired) electrons. The lowest BCUT2D eigenvalue weighted by Gasteiger charge is -2.45. The fourth-order valence-electron chi connectivity index (χ4n) is 25.6. The van der Waals surface area contributed by atoms with Gasteiger partial charge in [-0.05, 0) is 252 Å². The Kier molecular flexibility index (Phi) is 15.7. The minimum absolute atomic E-state index is 0.00295. The normalized spacial score (nSPS) is 15.1. The average molecular weight is 1870 g/mol. The largest absolute Gasteiger partial charge is 0.311 e. The highest BCUT2D eigenvalue weighted by Crippen LogP contribution is 2.63. The van der Waals surface area contributed by atoms with Gasteiger partial charge in [0.2, 0.25) is 0 Å². The molecule has 0 spiro atoms. The molecule has 2 aromatic heterocycles. The molecule has 0 bridgehead atoms. The van der Waals surface area contributed by atoms with Crippen molar-refractivity contribution < 1.29 is 19.2 Å². The van der Waals surface area contributed by atoms with E-state index in [-0.39, 0.29) is 91.0 Å². The summed E-state index contributed by atoms with van der Waals surface area (Å²) < 4.78 is 145. The van der Waals surface area contributed by atoms with Crippen molar-refractivity contribution >= 4 is 101 Å². The van der Waals surface area contributed by atoms with Gasteiger partial charge in [0, 0.05) is 66.8 Å². The summed E-state index contributed by atoms with van der Waals surface area (Å²) in [5.74, 6) is 0. The number of rotatable bonds is 15. The maximum atomic E-state index is 10.8. The molecule has 30 rings (SSSR count). The van der Waals surface area contributed by atoms with Gasteiger partial charge in [0.1, 0.15) is 0 Å². The van der Waals surface area contributed by atoms with Gasteiger partial charge in [0.25, 0.3) is 6.71 Å². The number of fused-ring (bicyclic) bond motifs is 19. The van der Waals surface area contributed by atoms with Crippen LogP contribution in [-0.4, -0.2) is 15.8 Å². The molecule has 0 fully saturated rings. The first-order valence-corrected chi connectivity index (χ1v) is 49.8. The fraction of sp³-hybridized carbons (Fsp3) is 0.0213. The predicted octanol–water partition coefficient (Wildman–Crippen LogP) is 33.4. The molecule has 0 amide bonds. The minimum Gasteiger partial charge on any atom is -0.311 e. The number of para-hydroxylation sites is 4. The molecule has 2 aliphatic heterocycles. The van der Waals surface area contributed by atoms with Crippen molar-refractivity contribution in [1.29, 1.82) is 0 Å². The van der Waals surface area contributed by atoms with Gasteiger partial charge in [-0.25, -0.2) is 0 Å². The summed E-state index contributed by atoms with van der Waals surface area (Å²) in [6.45, 7) is -0.829. The first-order valence-electron chi connectivity index (χ1n) is 56.8. The van der Waals surface area contributed by atoms with E-state index in [1.807, 2.05) is 48.5 Å². The zero-order valence-corrected chi connectivity index (χ0v) is 78.8. The second kappa shape index (κ2) is 32.7. The predicted molar refractivity (Wildman–Crippen MR) is 608 cm³/mol. The summed E-state index contributed by atoms with van der Waals surface area (Å²) in [5, 5.41) is -0.00889. The Bertz CT molecular complexity index is 9940. The van der Waals surface area contributed by atoms with E-state index in [4.69, 9.17) is 0 Å². The fourth-order valence-corrected chi connectivity index (χ4v) is 25.6. The van der Waals surface area contributed by atoms with E-state index in [2.05, 4.69) is 404 Å². The quantitative estimate of drug-likeness (QED) is 0.0951. The van der Waals surface area contributed by atoms with E-state index < -0.39 is 71.3 Å². The lowest BCUT2D eigenvalue weighted by Crippen LogP contribution is -2.61. The van der Waals surface area contributed by atoms with Gasteiger partial charge in [-0.3, -0.25) is 0 Å². The highest BCUT2D eigenvalue weighted by molar-refractivity contribution is 7.00. The van der Waals surface area contributed by atoms with Crippen LogP contribution in [0.25, 0.3) is 144 Å². The van der Waals surface area contributed by atoms with Crippen LogP contribution in [0.4, 0.5) is 34.1 Å². The minimum atomic E-state index is -0.847. The Morgan fingerprint density at radius 3 is 0.897 bits per heavy atom. The summed E-state index contributed by atoms with van der Waals surface area (Å²) in [4.78, 5) is 4.76. The van der Waals surface area contributed by atoms with Crippen LogP contribution in [0, 0.1) is 0 Å². The van der Waals surface area contributed by atoms with E-state index in [0.717, 1.165) is 173 Å². The molecule has 4 heterocycles. The first-order chi connectivity index (χ1) is 78.3. The smallest absolute Gasteiger partial charge is 0.252 e. The van der Waals surface area contributed by atoms with Gasteiger partial charge in [-0.1, -0.05) is 461 Å². The van der Waals surface area contributed by atoms with Gasteiger partial charge in [0.15, 0.2) is 0 Å². The monoisotopic (exact) mass is 1860 g/mol. The summed E-state index contributed by atoms with van der Waals surface area (Å²) in [6, 6.07) is 159. The van der Waals surface area contributed by atoms with Crippen LogP contribution < -0.4 is 26.2 Å². The number of anilines is 6. The van der Waals surface area contributed by atoms with Crippen molar-refractivity contribution in [2.45, 2.75) is 16.2 Å². The SMILES string of the molecule is [2H]c1c([2H])c([2H])c2c(c1[2H])c1c([2H])c([2H])c(-c3ccccc3)c([2H])c1n2-c1ccc2c(c1)N(c1ccccc1-c1ccc3c(c1)C(c1ccccc1)(c1ccccc1)c1ccccc1-3)c1cc(-c3ccc4c(c3)-c3ccccc3C4(c3ccccc3)c3ccccc3)cc3c1B2c1ccc(-n2c4c([2H])c([2H])c([2H])c([2H])c4c4c([2H])c([2H])c(-c5ccccc5)c([2H])c42)cc1N3c1ccccc1-c1ccc2c(c1)C(c1ccccc1)(c1ccccc1)c1ccccc1-2. The topological polar surface area (TPSA) is 16.3 Å². The molecular weight excluding hydrogens is 1760 g/mol. The Morgan fingerprint density at radius 1 is 0.185 bits per heavy atom. The summed E-state index contributed by atoms with van der Waals surface area (Å²) in [5.41, 5.74) is 30.8. The van der Waals surface area contributed by atoms with Gasteiger partial charge in [0.05, 0.1) is 68.9 Å². The van der Waals surface area contributed by atoms with Crippen molar-refractivity contribution in [3.63, 3.8) is 0 Å². The van der Waals surface area contributed by atoms with Crippen LogP contribution in [0.5, 0.6) is 0 Å². The molecule has 0 unspecified atom stereocenters. The van der Waals surface area contributed by atoms with E-state index in [0.29, 0.717) is 33.9 Å². The summed E-state index contributed by atoms with van der Waals surface area (Å²) in [6.07, 6.45) is 0. The standard InChI is InChI=1S/C141H91BN4/c1-9-39-92(40-10-1)95-69-78-117-115-60-30-37-67-130(115)143(132(117)86-95)106-74-81-126-134(90-106)145(128-65-35-28-55-108(128)97-71-76-113-110-57-25-32-62-120(110)140(124(113)84-97,102-47-17-5-18-48-102)103-49-19-6-20-50-103)136-88-99(94-73-80-123-119(83-94)112-59-27-34-64-122(112)139(123,100-43-13-3-14-44-100)101-45-15-4-16-46-101)89-137-138(136)142(126)127-82-75-107(144-131-68-38-31-61-116(131)118-79-70-96(87-133(118)144)93-41-11-2-12-42-93)91-135(127)146(137)129-66-36-29-56-109(129)98-72-77-114-111-58-26-33-63-121(111)141(125(114)85-98,104-51-21-7-22-52-104)105-53-23-8-24-54-105/h1-91H/i30D,31D,37D,38D,60D,61D,67D,68D,69D,70D,78D,79D,86D,87D. The van der Waals surface area contributed by atoms with Crippen LogP contribution in [0.2, 0.25) is 0 Å². The first kappa shape index (κ1) is 70.0.